The molecule has 0 radical (unpaired) electrons. The smallest absolute Gasteiger partial charge is 0.229 e. The summed E-state index contributed by atoms with van der Waals surface area (Å²) in [6.45, 7) is 6.03. The number of benzene rings is 2. The van der Waals surface area contributed by atoms with E-state index in [0.29, 0.717) is 5.95 Å². The van der Waals surface area contributed by atoms with Crippen LogP contribution in [0, 0.1) is 13.8 Å². The van der Waals surface area contributed by atoms with Crippen LogP contribution in [0.5, 0.6) is 5.75 Å². The van der Waals surface area contributed by atoms with Crippen molar-refractivity contribution in [3.05, 3.63) is 58.8 Å². The molecule has 0 aliphatic carbocycles. The maximum absolute atomic E-state index is 5.37. The van der Waals surface area contributed by atoms with E-state index in [-0.39, 0.29) is 0 Å². The van der Waals surface area contributed by atoms with Crippen molar-refractivity contribution in [3.63, 3.8) is 0 Å². The first kappa shape index (κ1) is 20.3. The molecule has 0 saturated carbocycles. The summed E-state index contributed by atoms with van der Waals surface area (Å²) < 4.78 is 7.14. The van der Waals surface area contributed by atoms with Crippen LogP contribution in [0.4, 0.5) is 23.1 Å². The van der Waals surface area contributed by atoms with Crippen LogP contribution in [0.25, 0.3) is 11.0 Å². The lowest BCUT2D eigenvalue weighted by atomic mass is 10.0. The van der Waals surface area contributed by atoms with Crippen molar-refractivity contribution >= 4 is 34.2 Å². The van der Waals surface area contributed by atoms with Gasteiger partial charge in [-0.1, -0.05) is 6.07 Å². The summed E-state index contributed by atoms with van der Waals surface area (Å²) in [6.07, 6.45) is 2.88. The van der Waals surface area contributed by atoms with Gasteiger partial charge < -0.3 is 20.7 Å². The molecular formula is C24H27N7O. The maximum atomic E-state index is 5.37. The zero-order chi connectivity index (χ0) is 22.2. The van der Waals surface area contributed by atoms with Crippen LogP contribution in [-0.2, 0) is 20.0 Å². The van der Waals surface area contributed by atoms with Gasteiger partial charge in [-0.15, -0.1) is 0 Å². The third-order valence-corrected chi connectivity index (χ3v) is 5.91. The molecule has 0 saturated heterocycles. The highest BCUT2D eigenvalue weighted by Crippen LogP contribution is 2.31. The van der Waals surface area contributed by atoms with Gasteiger partial charge >= 0.3 is 0 Å². The molecule has 2 aromatic heterocycles. The average Bonchev–Trinajstić information content (AvgIpc) is 3.10. The Morgan fingerprint density at radius 2 is 1.88 bits per heavy atom. The first-order valence-corrected chi connectivity index (χ1v) is 10.7. The largest absolute Gasteiger partial charge is 0.497 e. The Morgan fingerprint density at radius 1 is 1.06 bits per heavy atom. The van der Waals surface area contributed by atoms with E-state index in [4.69, 9.17) is 9.72 Å². The van der Waals surface area contributed by atoms with Crippen LogP contribution < -0.4 is 20.7 Å². The van der Waals surface area contributed by atoms with Crippen molar-refractivity contribution in [2.45, 2.75) is 26.8 Å². The molecule has 5 rings (SSSR count). The monoisotopic (exact) mass is 429 g/mol. The number of methoxy groups -OCH3 is 1. The minimum atomic E-state index is 0.549. The third-order valence-electron chi connectivity index (χ3n) is 5.91. The second-order valence-corrected chi connectivity index (χ2v) is 8.20. The fourth-order valence-corrected chi connectivity index (χ4v) is 4.23. The lowest BCUT2D eigenvalue weighted by molar-refractivity contribution is 0.414. The Balaban J connectivity index is 1.43. The molecule has 4 aromatic rings. The Labute approximate surface area is 187 Å². The molecule has 0 atom stereocenters. The summed E-state index contributed by atoms with van der Waals surface area (Å²) in [5.74, 6) is 2.12. The van der Waals surface area contributed by atoms with Gasteiger partial charge in [-0.2, -0.15) is 10.1 Å². The number of rotatable bonds is 5. The molecule has 2 aromatic carbocycles. The van der Waals surface area contributed by atoms with E-state index in [1.54, 1.807) is 11.8 Å². The molecule has 164 valence electrons. The average molecular weight is 430 g/mol. The van der Waals surface area contributed by atoms with E-state index in [9.17, 15) is 0 Å². The van der Waals surface area contributed by atoms with E-state index in [2.05, 4.69) is 58.1 Å². The topological polar surface area (TPSA) is 88.9 Å². The third kappa shape index (κ3) is 3.73. The number of anilines is 4. The van der Waals surface area contributed by atoms with Crippen LogP contribution in [0.1, 0.15) is 22.3 Å². The van der Waals surface area contributed by atoms with Gasteiger partial charge in [-0.05, 0) is 73.3 Å². The Morgan fingerprint density at radius 3 is 2.66 bits per heavy atom. The molecular weight excluding hydrogens is 402 g/mol. The first-order chi connectivity index (χ1) is 15.5. The zero-order valence-corrected chi connectivity index (χ0v) is 18.8. The van der Waals surface area contributed by atoms with E-state index in [0.717, 1.165) is 64.6 Å². The summed E-state index contributed by atoms with van der Waals surface area (Å²) in [4.78, 5) is 9.27. The number of aryl methyl sites for hydroxylation is 3. The standard InChI is InChI=1S/C24H27N7O/c1-14-9-19(32-4)10-15(2)21(14)28-22-20-13-26-24(29-23(20)31(3)30-22)27-18-6-5-16-7-8-25-12-17(16)11-18/h5-6,9-11,13,25H,7-8,12H2,1-4H3,(H,28,30)(H,26,27,29). The van der Waals surface area contributed by atoms with Gasteiger partial charge in [0.2, 0.25) is 5.95 Å². The highest BCUT2D eigenvalue weighted by atomic mass is 16.5. The molecule has 1 aliphatic rings. The Bertz CT molecular complexity index is 1290. The molecule has 1 aliphatic heterocycles. The van der Waals surface area contributed by atoms with Gasteiger partial charge in [0, 0.05) is 31.2 Å². The second-order valence-electron chi connectivity index (χ2n) is 8.20. The molecule has 0 fully saturated rings. The number of nitrogens with zero attached hydrogens (tertiary/aromatic N) is 4. The number of ether oxygens (including phenoxy) is 1. The summed E-state index contributed by atoms with van der Waals surface area (Å²) in [7, 11) is 3.57. The van der Waals surface area contributed by atoms with Crippen molar-refractivity contribution in [3.8, 4) is 5.75 Å². The Kier molecular flexibility index (Phi) is 5.14. The molecule has 8 nitrogen and oxygen atoms in total. The molecule has 8 heteroatoms. The van der Waals surface area contributed by atoms with Crippen molar-refractivity contribution in [2.24, 2.45) is 7.05 Å². The van der Waals surface area contributed by atoms with Crippen LogP contribution in [0.2, 0.25) is 0 Å². The lowest BCUT2D eigenvalue weighted by Gasteiger charge is -2.18. The lowest BCUT2D eigenvalue weighted by Crippen LogP contribution is -2.23. The van der Waals surface area contributed by atoms with Crippen molar-refractivity contribution < 1.29 is 4.74 Å². The number of nitrogens with one attached hydrogen (secondary N) is 3. The van der Waals surface area contributed by atoms with Crippen molar-refractivity contribution in [1.29, 1.82) is 0 Å². The van der Waals surface area contributed by atoms with Gasteiger partial charge in [-0.3, -0.25) is 0 Å². The molecule has 3 N–H and O–H groups in total. The van der Waals surface area contributed by atoms with Gasteiger partial charge in [0.1, 0.15) is 5.75 Å². The highest BCUT2D eigenvalue weighted by molar-refractivity contribution is 5.90. The fraction of sp³-hybridized carbons (Fsp3) is 0.292. The summed E-state index contributed by atoms with van der Waals surface area (Å²) in [5, 5.41) is 15.7. The summed E-state index contributed by atoms with van der Waals surface area (Å²) in [6, 6.07) is 10.5. The van der Waals surface area contributed by atoms with Gasteiger partial charge in [0.25, 0.3) is 0 Å². The van der Waals surface area contributed by atoms with Crippen molar-refractivity contribution in [2.75, 3.05) is 24.3 Å². The summed E-state index contributed by atoms with van der Waals surface area (Å²) in [5.41, 5.74) is 7.64. The van der Waals surface area contributed by atoms with Crippen LogP contribution in [0.3, 0.4) is 0 Å². The van der Waals surface area contributed by atoms with Crippen LogP contribution >= 0.6 is 0 Å². The molecule has 0 spiro atoms. The minimum Gasteiger partial charge on any atom is -0.497 e. The predicted octanol–water partition coefficient (Wildman–Crippen LogP) is 4.12. The van der Waals surface area contributed by atoms with E-state index < -0.39 is 0 Å². The highest BCUT2D eigenvalue weighted by Gasteiger charge is 2.15. The minimum absolute atomic E-state index is 0.549. The molecule has 0 amide bonds. The van der Waals surface area contributed by atoms with Crippen molar-refractivity contribution in [1.82, 2.24) is 25.1 Å². The van der Waals surface area contributed by atoms with Gasteiger partial charge in [-0.25, -0.2) is 9.67 Å². The fourth-order valence-electron chi connectivity index (χ4n) is 4.23. The second kappa shape index (κ2) is 8.12. The molecule has 3 heterocycles. The van der Waals surface area contributed by atoms with E-state index in [1.165, 1.54) is 11.1 Å². The first-order valence-electron chi connectivity index (χ1n) is 10.7. The zero-order valence-electron chi connectivity index (χ0n) is 18.8. The van der Waals surface area contributed by atoms with Crippen LogP contribution in [-0.4, -0.2) is 33.4 Å². The van der Waals surface area contributed by atoms with Gasteiger partial charge in [0.15, 0.2) is 11.5 Å². The number of hydrogen-bond acceptors (Lipinski definition) is 7. The van der Waals surface area contributed by atoms with E-state index >= 15 is 0 Å². The normalized spacial score (nSPS) is 13.1. The summed E-state index contributed by atoms with van der Waals surface area (Å²) >= 11 is 0. The number of aromatic nitrogens is 4. The molecule has 32 heavy (non-hydrogen) atoms. The van der Waals surface area contributed by atoms with E-state index in [1.807, 2.05) is 25.4 Å². The van der Waals surface area contributed by atoms with Crippen LogP contribution in [0.15, 0.2) is 36.5 Å². The van der Waals surface area contributed by atoms with Gasteiger partial charge in [0.05, 0.1) is 12.5 Å². The SMILES string of the molecule is COc1cc(C)c(Nc2nn(C)c3nc(Nc4ccc5c(c4)CNCC5)ncc23)c(C)c1. The predicted molar refractivity (Wildman–Crippen MR) is 127 cm³/mol. The molecule has 0 bridgehead atoms. The number of fused-ring (bicyclic) bond motifs is 2. The maximum Gasteiger partial charge on any atom is 0.229 e. The number of hydrogen-bond donors (Lipinski definition) is 3. The Hall–Kier alpha value is -3.65. The quantitative estimate of drug-likeness (QED) is 0.440. The molecule has 0 unspecified atom stereocenters.